The summed E-state index contributed by atoms with van der Waals surface area (Å²) in [5.74, 6) is 1.01. The number of hydrogen-bond acceptors (Lipinski definition) is 8. The topological polar surface area (TPSA) is 118 Å². The average molecular weight is 488 g/mol. The molecule has 0 unspecified atom stereocenters. The van der Waals surface area contributed by atoms with Gasteiger partial charge in [-0.3, -0.25) is 10.2 Å². The van der Waals surface area contributed by atoms with Gasteiger partial charge in [0.2, 0.25) is 0 Å². The van der Waals surface area contributed by atoms with Gasteiger partial charge < -0.3 is 19.5 Å². The molecule has 0 spiro atoms. The van der Waals surface area contributed by atoms with Gasteiger partial charge in [0.05, 0.1) is 19.4 Å². The number of rotatable bonds is 11. The smallest absolute Gasteiger partial charge is 0.262 e. The Hall–Kier alpha value is -4.42. The number of benzene rings is 2. The third-order valence-electron chi connectivity index (χ3n) is 4.95. The summed E-state index contributed by atoms with van der Waals surface area (Å²) in [6, 6.07) is 16.8. The summed E-state index contributed by atoms with van der Waals surface area (Å²) >= 11 is 0. The van der Waals surface area contributed by atoms with E-state index in [1.807, 2.05) is 51.1 Å². The lowest BCUT2D eigenvalue weighted by molar-refractivity contribution is -0.118. The van der Waals surface area contributed by atoms with Crippen LogP contribution in [0.4, 0.5) is 11.5 Å². The van der Waals surface area contributed by atoms with E-state index in [-0.39, 0.29) is 12.5 Å². The zero-order valence-corrected chi connectivity index (χ0v) is 20.8. The molecule has 0 aliphatic carbocycles. The van der Waals surface area contributed by atoms with E-state index < -0.39 is 0 Å². The van der Waals surface area contributed by atoms with Gasteiger partial charge in [-0.1, -0.05) is 12.1 Å². The van der Waals surface area contributed by atoms with Crippen molar-refractivity contribution in [1.29, 1.82) is 5.26 Å². The molecular formula is C27H29N5O4. The lowest BCUT2D eigenvalue weighted by Gasteiger charge is -2.13. The lowest BCUT2D eigenvalue weighted by atomic mass is 10.1. The monoisotopic (exact) mass is 487 g/mol. The molecule has 186 valence electrons. The molecule has 0 bridgehead atoms. The fraction of sp³-hybridized carbons (Fsp3) is 0.259. The number of hydrogen-bond donors (Lipinski definition) is 2. The van der Waals surface area contributed by atoms with Gasteiger partial charge in [-0.15, -0.1) is 0 Å². The normalized spacial score (nSPS) is 10.6. The Morgan fingerprint density at radius 1 is 1.14 bits per heavy atom. The number of nitrogens with zero attached hydrogens (tertiary/aromatic N) is 3. The minimum atomic E-state index is -0.273. The number of carbonyl (C=O) groups is 1. The number of methoxy groups -OCH3 is 1. The largest absolute Gasteiger partial charge is 0.490 e. The minimum Gasteiger partial charge on any atom is -0.490 e. The number of amides is 1. The van der Waals surface area contributed by atoms with Crippen LogP contribution in [0.15, 0.2) is 53.6 Å². The van der Waals surface area contributed by atoms with E-state index in [9.17, 15) is 10.1 Å². The van der Waals surface area contributed by atoms with E-state index in [1.54, 1.807) is 31.5 Å². The Balaban J connectivity index is 1.68. The van der Waals surface area contributed by atoms with Crippen LogP contribution in [0.25, 0.3) is 0 Å². The molecule has 0 aliphatic rings. The Morgan fingerprint density at radius 3 is 2.69 bits per heavy atom. The van der Waals surface area contributed by atoms with Crippen molar-refractivity contribution in [2.24, 2.45) is 5.10 Å². The highest BCUT2D eigenvalue weighted by Crippen LogP contribution is 2.28. The van der Waals surface area contributed by atoms with Crippen LogP contribution in [0.3, 0.4) is 0 Å². The van der Waals surface area contributed by atoms with Gasteiger partial charge in [-0.25, -0.2) is 4.98 Å². The molecule has 36 heavy (non-hydrogen) atoms. The van der Waals surface area contributed by atoms with Crippen LogP contribution in [-0.2, 0) is 16.1 Å². The van der Waals surface area contributed by atoms with E-state index in [2.05, 4.69) is 26.9 Å². The van der Waals surface area contributed by atoms with Gasteiger partial charge in [0, 0.05) is 24.1 Å². The molecule has 2 aromatic carbocycles. The fourth-order valence-electron chi connectivity index (χ4n) is 3.44. The summed E-state index contributed by atoms with van der Waals surface area (Å²) in [7, 11) is 1.57. The summed E-state index contributed by atoms with van der Waals surface area (Å²) < 4.78 is 16.6. The van der Waals surface area contributed by atoms with Crippen LogP contribution in [0.5, 0.6) is 11.5 Å². The zero-order chi connectivity index (χ0) is 25.9. The molecule has 3 aromatic rings. The molecule has 0 fully saturated rings. The maximum atomic E-state index is 12.3. The summed E-state index contributed by atoms with van der Waals surface area (Å²) in [5.41, 5.74) is 7.18. The van der Waals surface area contributed by atoms with E-state index >= 15 is 0 Å². The number of hydrazone groups is 1. The van der Waals surface area contributed by atoms with Crippen molar-refractivity contribution in [3.05, 3.63) is 76.5 Å². The van der Waals surface area contributed by atoms with Crippen molar-refractivity contribution in [3.8, 4) is 17.6 Å². The van der Waals surface area contributed by atoms with Gasteiger partial charge in [0.15, 0.2) is 23.9 Å². The Bertz CT molecular complexity index is 1280. The summed E-state index contributed by atoms with van der Waals surface area (Å²) in [6.45, 7) is 6.21. The third kappa shape index (κ3) is 7.29. The molecule has 0 radical (unpaired) electrons. The van der Waals surface area contributed by atoms with E-state index in [1.165, 1.54) is 0 Å². The number of nitriles is 1. The minimum absolute atomic E-state index is 0.164. The van der Waals surface area contributed by atoms with E-state index in [0.717, 1.165) is 22.4 Å². The van der Waals surface area contributed by atoms with E-state index in [0.29, 0.717) is 41.8 Å². The number of aryl methyl sites for hydroxylation is 2. The third-order valence-corrected chi connectivity index (χ3v) is 4.95. The van der Waals surface area contributed by atoms with Crippen LogP contribution in [0.1, 0.15) is 34.9 Å². The molecule has 1 aromatic heterocycles. The van der Waals surface area contributed by atoms with Crippen molar-refractivity contribution >= 4 is 23.6 Å². The van der Waals surface area contributed by atoms with Crippen LogP contribution in [0.2, 0.25) is 0 Å². The maximum Gasteiger partial charge on any atom is 0.262 e. The van der Waals surface area contributed by atoms with Crippen molar-refractivity contribution in [1.82, 2.24) is 4.98 Å². The second kappa shape index (κ2) is 12.9. The molecule has 0 saturated heterocycles. The highest BCUT2D eigenvalue weighted by Gasteiger charge is 2.12. The number of pyridine rings is 1. The van der Waals surface area contributed by atoms with Gasteiger partial charge >= 0.3 is 0 Å². The molecular weight excluding hydrogens is 458 g/mol. The van der Waals surface area contributed by atoms with Gasteiger partial charge in [-0.2, -0.15) is 10.4 Å². The number of ether oxygens (including phenoxy) is 3. The van der Waals surface area contributed by atoms with Crippen molar-refractivity contribution < 1.29 is 19.0 Å². The van der Waals surface area contributed by atoms with Crippen LogP contribution in [0, 0.1) is 25.2 Å². The number of anilines is 2. The Kier molecular flexibility index (Phi) is 9.37. The Morgan fingerprint density at radius 2 is 1.97 bits per heavy atom. The summed E-state index contributed by atoms with van der Waals surface area (Å²) in [5, 5.41) is 16.6. The molecule has 9 nitrogen and oxygen atoms in total. The first kappa shape index (κ1) is 26.2. The highest BCUT2D eigenvalue weighted by atomic mass is 16.5. The molecule has 9 heteroatoms. The SMILES string of the molecule is CCOc1cc(C=NNc2nc(C)cc(COC)c2C#N)ccc1OCC(=O)Nc1cccc(C)c1. The second-order valence-corrected chi connectivity index (χ2v) is 7.91. The van der Waals surface area contributed by atoms with Gasteiger partial charge in [0.25, 0.3) is 5.91 Å². The number of nitrogens with one attached hydrogen (secondary N) is 2. The second-order valence-electron chi connectivity index (χ2n) is 7.91. The number of aromatic nitrogens is 1. The fourth-order valence-corrected chi connectivity index (χ4v) is 3.44. The maximum absolute atomic E-state index is 12.3. The molecule has 1 amide bonds. The number of carbonyl (C=O) groups excluding carboxylic acids is 1. The van der Waals surface area contributed by atoms with Crippen molar-refractivity contribution in [3.63, 3.8) is 0 Å². The standard InChI is InChI=1S/C27H29N5O4/c1-5-35-25-13-20(15-29-32-27-23(14-28)21(16-34-4)12-19(3)30-27)9-10-24(25)36-17-26(33)31-22-8-6-7-18(2)11-22/h6-13,15H,5,16-17H2,1-4H3,(H,30,32)(H,31,33). The lowest BCUT2D eigenvalue weighted by Crippen LogP contribution is -2.20. The average Bonchev–Trinajstić information content (AvgIpc) is 2.84. The van der Waals surface area contributed by atoms with Crippen LogP contribution < -0.4 is 20.2 Å². The highest BCUT2D eigenvalue weighted by molar-refractivity contribution is 5.92. The van der Waals surface area contributed by atoms with E-state index in [4.69, 9.17) is 14.2 Å². The molecule has 1 heterocycles. The first-order valence-corrected chi connectivity index (χ1v) is 11.4. The first-order chi connectivity index (χ1) is 17.4. The van der Waals surface area contributed by atoms with Gasteiger partial charge in [-0.05, 0) is 68.3 Å². The summed E-state index contributed by atoms with van der Waals surface area (Å²) in [6.07, 6.45) is 1.58. The molecule has 0 aliphatic heterocycles. The predicted molar refractivity (Wildman–Crippen MR) is 139 cm³/mol. The Labute approximate surface area is 210 Å². The summed E-state index contributed by atoms with van der Waals surface area (Å²) in [4.78, 5) is 16.7. The predicted octanol–water partition coefficient (Wildman–Crippen LogP) is 4.58. The van der Waals surface area contributed by atoms with Crippen molar-refractivity contribution in [2.45, 2.75) is 27.4 Å². The van der Waals surface area contributed by atoms with Crippen LogP contribution in [-0.4, -0.2) is 37.4 Å². The van der Waals surface area contributed by atoms with Crippen molar-refractivity contribution in [2.75, 3.05) is 31.1 Å². The molecule has 0 saturated carbocycles. The zero-order valence-electron chi connectivity index (χ0n) is 20.8. The molecule has 3 rings (SSSR count). The molecule has 2 N–H and O–H groups in total. The van der Waals surface area contributed by atoms with Crippen LogP contribution >= 0.6 is 0 Å². The molecule has 0 atom stereocenters. The quantitative estimate of drug-likeness (QED) is 0.300. The van der Waals surface area contributed by atoms with Gasteiger partial charge in [0.1, 0.15) is 11.6 Å². The first-order valence-electron chi connectivity index (χ1n) is 11.4.